The van der Waals surface area contributed by atoms with Crippen LogP contribution in [-0.4, -0.2) is 183 Å². The van der Waals surface area contributed by atoms with Gasteiger partial charge in [0.2, 0.25) is 22.9 Å². The lowest BCUT2D eigenvalue weighted by Crippen LogP contribution is -2.42. The summed E-state index contributed by atoms with van der Waals surface area (Å²) in [5, 5.41) is 5.20. The monoisotopic (exact) mass is 1880 g/mol. The Morgan fingerprint density at radius 1 is 0.370 bits per heavy atom. The summed E-state index contributed by atoms with van der Waals surface area (Å²) in [5.74, 6) is -3.73. The van der Waals surface area contributed by atoms with E-state index in [-0.39, 0.29) is 130 Å². The molecule has 0 bridgehead atoms. The lowest BCUT2D eigenvalue weighted by atomic mass is 9.77. The highest BCUT2D eigenvalue weighted by Gasteiger charge is 2.47. The van der Waals surface area contributed by atoms with E-state index in [2.05, 4.69) is 48.0 Å². The molecule has 0 aromatic rings. The summed E-state index contributed by atoms with van der Waals surface area (Å²) < 4.78 is 87.7. The van der Waals surface area contributed by atoms with E-state index in [1.54, 1.807) is 41.5 Å². The first-order valence-electron chi connectivity index (χ1n) is 48.4. The number of thioether (sulfide) groups is 1. The molecule has 0 aromatic carbocycles. The third-order valence-electron chi connectivity index (χ3n) is 21.9. The van der Waals surface area contributed by atoms with Crippen molar-refractivity contribution in [1.82, 2.24) is 10.6 Å². The fraction of sp³-hybridized carbons (Fsp3) is 0.884. The minimum atomic E-state index is -4.68. The van der Waals surface area contributed by atoms with E-state index in [1.165, 1.54) is 194 Å². The molecule has 0 aliphatic rings. The van der Waals surface area contributed by atoms with Crippen molar-refractivity contribution < 1.29 is 113 Å². The van der Waals surface area contributed by atoms with Gasteiger partial charge in [-0.2, -0.15) is 0 Å². The number of amides is 2. The molecule has 0 aliphatic carbocycles. The highest BCUT2D eigenvalue weighted by atomic mass is 32.2. The Kier molecular flexibility index (Phi) is 79.2. The molecule has 0 saturated heterocycles. The van der Waals surface area contributed by atoms with Crippen molar-refractivity contribution in [2.45, 2.75) is 444 Å². The predicted molar refractivity (Wildman–Crippen MR) is 507 cm³/mol. The summed E-state index contributed by atoms with van der Waals surface area (Å²) in [6, 6.07) is 0. The molecule has 127 heavy (non-hydrogen) atoms. The third kappa shape index (κ3) is 76.4. The van der Waals surface area contributed by atoms with E-state index in [1.807, 2.05) is 0 Å². The van der Waals surface area contributed by atoms with Crippen molar-refractivity contribution in [2.75, 3.05) is 93.4 Å². The fourth-order valence-electron chi connectivity index (χ4n) is 14.4. The molecule has 0 spiro atoms. The number of methoxy groups -OCH3 is 2. The number of phosphoric ester groups is 2. The number of nitrogens with zero attached hydrogens (tertiary/aromatic N) is 2. The van der Waals surface area contributed by atoms with E-state index in [0.717, 1.165) is 88.8 Å². The summed E-state index contributed by atoms with van der Waals surface area (Å²) in [6.45, 7) is 32.4. The number of esters is 6. The topological polar surface area (TPSA) is 355 Å². The number of hydrogen-bond acceptors (Lipinski definition) is 24. The Labute approximate surface area is 776 Å². The van der Waals surface area contributed by atoms with Crippen molar-refractivity contribution >= 4 is 91.5 Å². The molecular weight excluding hydrogens is 1710 g/mol. The molecule has 28 nitrogen and oxygen atoms in total. The number of thiocarbonyl (C=S) groups is 1. The van der Waals surface area contributed by atoms with Crippen LogP contribution in [-0.2, 0) is 103 Å². The Bertz CT molecular complexity index is 3070. The number of ether oxygens (including phenoxy) is 8. The fourth-order valence-corrected chi connectivity index (χ4v) is 17.6. The molecule has 0 heterocycles. The number of phosphoric acid groups is 2. The van der Waals surface area contributed by atoms with Crippen LogP contribution in [0.5, 0.6) is 0 Å². The average molecular weight is 1880 g/mol. The molecule has 0 saturated carbocycles. The van der Waals surface area contributed by atoms with Gasteiger partial charge in [-0.25, -0.2) is 22.3 Å². The predicted octanol–water partition coefficient (Wildman–Crippen LogP) is 23.1. The van der Waals surface area contributed by atoms with E-state index in [9.17, 15) is 57.3 Å². The maximum Gasteiger partial charge on any atom is 0.472 e. The molecule has 0 aromatic heterocycles. The van der Waals surface area contributed by atoms with Crippen LogP contribution in [0.15, 0.2) is 0 Å². The van der Waals surface area contributed by atoms with Gasteiger partial charge in [0.15, 0.2) is 12.2 Å². The molecule has 2 amide bonds. The van der Waals surface area contributed by atoms with Gasteiger partial charge in [0.05, 0.1) is 51.5 Å². The molecular formula is C95H174N4O24P2S2. The Hall–Kier alpha value is -4.68. The summed E-state index contributed by atoms with van der Waals surface area (Å²) in [7, 11) is -6.33. The second-order valence-corrected chi connectivity index (χ2v) is 40.7. The van der Waals surface area contributed by atoms with Crippen LogP contribution < -0.4 is 10.6 Å². The smallest absolute Gasteiger partial charge is 0.463 e. The molecule has 4 N–H and O–H groups in total. The molecule has 740 valence electrons. The van der Waals surface area contributed by atoms with Gasteiger partial charge in [0, 0.05) is 103 Å². The molecule has 0 fully saturated rings. The Morgan fingerprint density at radius 2 is 0.646 bits per heavy atom. The van der Waals surface area contributed by atoms with Gasteiger partial charge >= 0.3 is 51.5 Å². The van der Waals surface area contributed by atoms with Crippen LogP contribution in [0, 0.1) is 18.6 Å². The minimum absolute atomic E-state index is 0.0226. The van der Waals surface area contributed by atoms with Gasteiger partial charge in [-0.15, -0.1) is 11.8 Å². The highest BCUT2D eigenvalue weighted by molar-refractivity contribution is 8.24. The van der Waals surface area contributed by atoms with Crippen molar-refractivity contribution in [3.05, 3.63) is 22.8 Å². The van der Waals surface area contributed by atoms with Crippen LogP contribution in [0.4, 0.5) is 0 Å². The zero-order valence-corrected chi connectivity index (χ0v) is 84.2. The number of nitrogens with one attached hydrogen (secondary N) is 2. The summed E-state index contributed by atoms with van der Waals surface area (Å²) >= 11 is 6.39. The average Bonchev–Trinajstić information content (AvgIpc) is 0.817. The second kappa shape index (κ2) is 80.9. The van der Waals surface area contributed by atoms with E-state index in [0.29, 0.717) is 29.9 Å². The second-order valence-electron chi connectivity index (χ2n) is 35.2. The number of carbonyl (C=O) groups excluding carboxylic acids is 8. The first-order valence-corrected chi connectivity index (χ1v) is 52.7. The lowest BCUT2D eigenvalue weighted by Gasteiger charge is -2.30. The zero-order valence-electron chi connectivity index (χ0n) is 80.8. The van der Waals surface area contributed by atoms with Crippen molar-refractivity contribution in [1.29, 1.82) is 0 Å². The van der Waals surface area contributed by atoms with E-state index < -0.39 is 110 Å². The van der Waals surface area contributed by atoms with Crippen LogP contribution >= 0.6 is 39.6 Å². The van der Waals surface area contributed by atoms with E-state index >= 15 is 0 Å². The van der Waals surface area contributed by atoms with Gasteiger partial charge in [0.1, 0.15) is 31.2 Å². The zero-order chi connectivity index (χ0) is 95.0. The summed E-state index contributed by atoms with van der Waals surface area (Å²) in [6.07, 6.45) is 49.4. The first kappa shape index (κ1) is 124. The maximum absolute atomic E-state index is 13.0. The van der Waals surface area contributed by atoms with Crippen LogP contribution in [0.25, 0.3) is 9.69 Å². The van der Waals surface area contributed by atoms with Gasteiger partial charge in [-0.05, 0) is 53.4 Å². The number of unbranched alkanes of at least 4 members (excludes halogenated alkanes) is 40. The third-order valence-corrected chi connectivity index (χ3v) is 25.1. The molecule has 32 heteroatoms. The molecule has 0 radical (unpaired) electrons. The number of rotatable bonds is 87. The maximum atomic E-state index is 13.0. The number of hydrogen-bond donors (Lipinski definition) is 4. The lowest BCUT2D eigenvalue weighted by molar-refractivity contribution is -0.161. The van der Waals surface area contributed by atoms with E-state index in [4.69, 9.17) is 81.4 Å². The Morgan fingerprint density at radius 3 is 0.929 bits per heavy atom. The van der Waals surface area contributed by atoms with Crippen LogP contribution in [0.1, 0.15) is 416 Å². The number of carbonyl (C=O) groups is 8. The normalized spacial score (nSPS) is 14.3. The minimum Gasteiger partial charge on any atom is -0.463 e. The molecule has 0 rings (SSSR count). The van der Waals surface area contributed by atoms with Gasteiger partial charge in [0.25, 0.3) is 0 Å². The summed E-state index contributed by atoms with van der Waals surface area (Å²) in [5.41, 5.74) is -3.08. The van der Waals surface area contributed by atoms with Crippen LogP contribution in [0.2, 0.25) is 0 Å². The summed E-state index contributed by atoms with van der Waals surface area (Å²) in [4.78, 5) is 130. The van der Waals surface area contributed by atoms with Crippen LogP contribution in [0.3, 0.4) is 0 Å². The quantitative estimate of drug-likeness (QED) is 0.0110. The van der Waals surface area contributed by atoms with Gasteiger partial charge in [-0.1, -0.05) is 297 Å². The Balaban J connectivity index is 0. The van der Waals surface area contributed by atoms with Crippen molar-refractivity contribution in [3.63, 3.8) is 0 Å². The standard InChI is InChI=1S/C48H87N2O12PS2.C47H87N2O12P/c1-8-10-12-14-16-18-20-22-24-26-28-30-44(52)59-38-42(62-45(53)31-29-27-25-23-21-19-17-15-13-11-9-2)39-61-63(55,56)60-35-34-50-43(51)32-33-47(4,49-6)40-48(5,65-41(3)64)46(54)58-37-36-57-7;1-8-10-12-14-16-18-20-22-24-26-28-30-43(51)58-38-41(61-44(52)31-29-27-25-23-21-19-17-15-13-11-9-2)39-60-62(54,55)59-35-34-49-42(50)32-33-47(5,48-6)40-46(3,4)45(53)57-37-36-56-7/h42H,8-40H2,1-5,7H3,(H,50,51)(H,55,56);41H,8-40H2,1-5,7H3,(H,49,50)(H,54,55)/t42-,47?,48?;41-,47?/m11/s1. The molecule has 7 atom stereocenters. The van der Waals surface area contributed by atoms with Crippen molar-refractivity contribution in [2.24, 2.45) is 5.41 Å². The molecule has 0 aliphatic heterocycles. The van der Waals surface area contributed by atoms with Crippen molar-refractivity contribution in [3.8, 4) is 0 Å². The van der Waals surface area contributed by atoms with Gasteiger partial charge < -0.3 is 68.0 Å². The first-order chi connectivity index (χ1) is 60.7. The largest absolute Gasteiger partial charge is 0.472 e. The molecule has 5 unspecified atom stereocenters. The SMILES string of the molecule is [C-]#[N+]C(C)(CCC(=O)NCCOP(=O)(O)OC[C@@H](COC(=O)CCCCCCCCCCCCC)OC(=O)CCCCCCCCCCCCC)CC(C)(C)C(=O)OCCOC.[C-]#[N+]C(C)(CCC(=O)NCCOP(=O)(O)OC[C@@H](COC(=O)CCCCCCCCCCCCC)OC(=O)CCCCCCCCCCCCC)CC(C)(SC(C)=S)C(=O)OCCOC. The van der Waals surface area contributed by atoms with Gasteiger partial charge in [-0.3, -0.25) is 56.5 Å². The highest BCUT2D eigenvalue weighted by Crippen LogP contribution is 2.45.